The van der Waals surface area contributed by atoms with E-state index in [0.717, 1.165) is 25.2 Å². The van der Waals surface area contributed by atoms with Crippen LogP contribution in [0.5, 0.6) is 0 Å². The van der Waals surface area contributed by atoms with Crippen molar-refractivity contribution in [3.63, 3.8) is 0 Å². The lowest BCUT2D eigenvalue weighted by molar-refractivity contribution is 0.0821. The van der Waals surface area contributed by atoms with E-state index in [4.69, 9.17) is 0 Å². The molecule has 0 saturated carbocycles. The quantitative estimate of drug-likeness (QED) is 0.895. The van der Waals surface area contributed by atoms with Gasteiger partial charge in [-0.15, -0.1) is 10.2 Å². The second-order valence-electron chi connectivity index (χ2n) is 5.70. The molecule has 1 aliphatic heterocycles. The van der Waals surface area contributed by atoms with Gasteiger partial charge in [-0.25, -0.2) is 0 Å². The van der Waals surface area contributed by atoms with Crippen molar-refractivity contribution in [3.05, 3.63) is 17.8 Å². The van der Waals surface area contributed by atoms with Crippen molar-refractivity contribution >= 4 is 11.7 Å². The van der Waals surface area contributed by atoms with E-state index in [1.54, 1.807) is 20.2 Å². The number of amides is 1. The predicted molar refractivity (Wildman–Crippen MR) is 78.8 cm³/mol. The molecule has 0 aromatic carbocycles. The van der Waals surface area contributed by atoms with Crippen molar-refractivity contribution < 1.29 is 4.79 Å². The van der Waals surface area contributed by atoms with Gasteiger partial charge in [0, 0.05) is 32.7 Å². The number of nitrogens with zero attached hydrogens (tertiary/aromatic N) is 4. The maximum atomic E-state index is 11.7. The highest BCUT2D eigenvalue weighted by atomic mass is 16.2. The fourth-order valence-electron chi connectivity index (χ4n) is 2.38. The third-order valence-electron chi connectivity index (χ3n) is 3.85. The number of carbonyl (C=O) groups is 1. The molecule has 0 aliphatic carbocycles. The number of likely N-dealkylation sites (tertiary alicyclic amines) is 1. The smallest absolute Gasteiger partial charge is 0.273 e. The molecule has 110 valence electrons. The maximum absolute atomic E-state index is 11.7. The Morgan fingerprint density at radius 1 is 1.40 bits per heavy atom. The minimum atomic E-state index is -0.128. The summed E-state index contributed by atoms with van der Waals surface area (Å²) in [4.78, 5) is 15.6. The van der Waals surface area contributed by atoms with Crippen LogP contribution in [-0.4, -0.2) is 65.7 Å². The lowest BCUT2D eigenvalue weighted by Gasteiger charge is -2.35. The Morgan fingerprint density at radius 3 is 2.70 bits per heavy atom. The van der Waals surface area contributed by atoms with Gasteiger partial charge in [-0.2, -0.15) is 0 Å². The van der Waals surface area contributed by atoms with Crippen LogP contribution in [0, 0.1) is 0 Å². The molecule has 1 saturated heterocycles. The minimum absolute atomic E-state index is 0.128. The normalized spacial score (nSPS) is 23.4. The van der Waals surface area contributed by atoms with Gasteiger partial charge < -0.3 is 15.1 Å². The van der Waals surface area contributed by atoms with Gasteiger partial charge >= 0.3 is 0 Å². The molecule has 20 heavy (non-hydrogen) atoms. The summed E-state index contributed by atoms with van der Waals surface area (Å²) in [5.41, 5.74) is 0.372. The molecular weight excluding hydrogens is 254 g/mol. The van der Waals surface area contributed by atoms with Crippen LogP contribution in [-0.2, 0) is 0 Å². The first-order chi connectivity index (χ1) is 9.47. The molecule has 1 aromatic rings. The zero-order valence-electron chi connectivity index (χ0n) is 12.6. The summed E-state index contributed by atoms with van der Waals surface area (Å²) in [6.45, 7) is 3.32. The predicted octanol–water partition coefficient (Wildman–Crippen LogP) is 1.07. The van der Waals surface area contributed by atoms with Crippen molar-refractivity contribution in [1.82, 2.24) is 20.0 Å². The van der Waals surface area contributed by atoms with Crippen molar-refractivity contribution in [2.75, 3.05) is 33.0 Å². The van der Waals surface area contributed by atoms with Crippen LogP contribution < -0.4 is 5.32 Å². The van der Waals surface area contributed by atoms with Gasteiger partial charge in [-0.3, -0.25) is 4.79 Å². The van der Waals surface area contributed by atoms with Gasteiger partial charge in [0.2, 0.25) is 0 Å². The summed E-state index contributed by atoms with van der Waals surface area (Å²) >= 11 is 0. The number of piperidine rings is 1. The Kier molecular flexibility index (Phi) is 4.54. The first kappa shape index (κ1) is 14.7. The van der Waals surface area contributed by atoms with Crippen LogP contribution in [0.3, 0.4) is 0 Å². The van der Waals surface area contributed by atoms with Crippen LogP contribution in [0.4, 0.5) is 5.82 Å². The number of aromatic nitrogens is 2. The van der Waals surface area contributed by atoms with Crippen LogP contribution in [0.15, 0.2) is 12.1 Å². The van der Waals surface area contributed by atoms with Crippen molar-refractivity contribution in [2.45, 2.75) is 31.8 Å². The topological polar surface area (TPSA) is 61.4 Å². The van der Waals surface area contributed by atoms with Gasteiger partial charge in [0.1, 0.15) is 5.82 Å². The summed E-state index contributed by atoms with van der Waals surface area (Å²) in [5, 5.41) is 11.5. The molecule has 0 radical (unpaired) electrons. The van der Waals surface area contributed by atoms with Crippen molar-refractivity contribution in [3.8, 4) is 0 Å². The number of rotatable bonds is 3. The molecule has 2 unspecified atom stereocenters. The number of carbonyl (C=O) groups excluding carboxylic acids is 1. The molecule has 1 amide bonds. The second-order valence-corrected chi connectivity index (χ2v) is 5.70. The number of anilines is 1. The first-order valence-electron chi connectivity index (χ1n) is 6.99. The zero-order chi connectivity index (χ0) is 14.7. The molecule has 6 nitrogen and oxygen atoms in total. The van der Waals surface area contributed by atoms with Gasteiger partial charge in [0.15, 0.2) is 5.69 Å². The molecule has 1 N–H and O–H groups in total. The minimum Gasteiger partial charge on any atom is -0.366 e. The van der Waals surface area contributed by atoms with E-state index in [1.165, 1.54) is 4.90 Å². The molecule has 2 atom stereocenters. The molecule has 0 spiro atoms. The highest BCUT2D eigenvalue weighted by Gasteiger charge is 2.23. The third kappa shape index (κ3) is 3.45. The first-order valence-corrected chi connectivity index (χ1v) is 6.99. The van der Waals surface area contributed by atoms with Gasteiger partial charge in [0.05, 0.1) is 0 Å². The fourth-order valence-corrected chi connectivity index (χ4v) is 2.38. The average molecular weight is 277 g/mol. The van der Waals surface area contributed by atoms with E-state index in [0.29, 0.717) is 17.8 Å². The second kappa shape index (κ2) is 6.17. The van der Waals surface area contributed by atoms with Crippen molar-refractivity contribution in [2.24, 2.45) is 0 Å². The molecule has 0 bridgehead atoms. The number of hydrogen-bond donors (Lipinski definition) is 1. The average Bonchev–Trinajstić information content (AvgIpc) is 2.43. The Morgan fingerprint density at radius 2 is 2.15 bits per heavy atom. The Hall–Kier alpha value is -1.69. The highest BCUT2D eigenvalue weighted by molar-refractivity contribution is 5.91. The van der Waals surface area contributed by atoms with Gasteiger partial charge in [-0.05, 0) is 38.9 Å². The van der Waals surface area contributed by atoms with E-state index >= 15 is 0 Å². The van der Waals surface area contributed by atoms with Crippen LogP contribution in [0.25, 0.3) is 0 Å². The molecule has 1 aliphatic rings. The Bertz CT molecular complexity index is 459. The van der Waals surface area contributed by atoms with E-state index in [2.05, 4.69) is 34.4 Å². The third-order valence-corrected chi connectivity index (χ3v) is 3.85. The molecule has 1 aromatic heterocycles. The van der Waals surface area contributed by atoms with Crippen LogP contribution >= 0.6 is 0 Å². The largest absolute Gasteiger partial charge is 0.366 e. The van der Waals surface area contributed by atoms with Crippen LogP contribution in [0.1, 0.15) is 30.3 Å². The monoisotopic (exact) mass is 277 g/mol. The summed E-state index contributed by atoms with van der Waals surface area (Å²) in [5.74, 6) is 0.610. The summed E-state index contributed by atoms with van der Waals surface area (Å²) < 4.78 is 0. The van der Waals surface area contributed by atoms with E-state index < -0.39 is 0 Å². The number of hydrogen-bond acceptors (Lipinski definition) is 5. The highest BCUT2D eigenvalue weighted by Crippen LogP contribution is 2.18. The number of nitrogens with one attached hydrogen (secondary N) is 1. The summed E-state index contributed by atoms with van der Waals surface area (Å²) in [6.07, 6.45) is 2.19. The van der Waals surface area contributed by atoms with Crippen molar-refractivity contribution in [1.29, 1.82) is 0 Å². The Labute approximate surface area is 120 Å². The van der Waals surface area contributed by atoms with E-state index in [1.807, 2.05) is 6.07 Å². The van der Waals surface area contributed by atoms with Crippen LogP contribution in [0.2, 0.25) is 0 Å². The van der Waals surface area contributed by atoms with E-state index in [-0.39, 0.29) is 5.91 Å². The van der Waals surface area contributed by atoms with E-state index in [9.17, 15) is 4.79 Å². The SMILES string of the molecule is CC1CC(Nc2ccc(C(=O)N(C)C)nn2)CCN1C. The molecule has 1 fully saturated rings. The molecule has 6 heteroatoms. The molecule has 2 heterocycles. The molecule has 2 rings (SSSR count). The maximum Gasteiger partial charge on any atom is 0.273 e. The summed E-state index contributed by atoms with van der Waals surface area (Å²) in [6, 6.07) is 4.54. The lowest BCUT2D eigenvalue weighted by Crippen LogP contribution is -2.42. The molecular formula is C14H23N5O. The van der Waals surface area contributed by atoms with Gasteiger partial charge in [-0.1, -0.05) is 0 Å². The fraction of sp³-hybridized carbons (Fsp3) is 0.643. The standard InChI is InChI=1S/C14H23N5O/c1-10-9-11(7-8-19(10)4)15-13-6-5-12(16-17-13)14(20)18(2)3/h5-6,10-11H,7-9H2,1-4H3,(H,15,17). The lowest BCUT2D eigenvalue weighted by atomic mass is 9.99. The Balaban J connectivity index is 1.96. The van der Waals surface area contributed by atoms with Gasteiger partial charge in [0.25, 0.3) is 5.91 Å². The zero-order valence-corrected chi connectivity index (χ0v) is 12.6. The summed E-state index contributed by atoms with van der Waals surface area (Å²) in [7, 11) is 5.56.